The summed E-state index contributed by atoms with van der Waals surface area (Å²) in [5.74, 6) is 0.878. The van der Waals surface area contributed by atoms with Crippen LogP contribution in [-0.2, 0) is 16.1 Å². The van der Waals surface area contributed by atoms with Crippen LogP contribution in [0.1, 0.15) is 12.5 Å². The molecule has 1 aliphatic rings. The molecule has 0 N–H and O–H groups in total. The average Bonchev–Trinajstić information content (AvgIpc) is 3.17. The van der Waals surface area contributed by atoms with Gasteiger partial charge in [0.15, 0.2) is 11.0 Å². The summed E-state index contributed by atoms with van der Waals surface area (Å²) in [6, 6.07) is 14.0. The van der Waals surface area contributed by atoms with E-state index in [0.29, 0.717) is 32.8 Å². The van der Waals surface area contributed by atoms with Crippen molar-refractivity contribution >= 4 is 17.7 Å². The van der Waals surface area contributed by atoms with Crippen LogP contribution in [0.25, 0.3) is 11.4 Å². The first kappa shape index (κ1) is 19.6. The Hall–Kier alpha value is -2.71. The number of hydrogen-bond acceptors (Lipinski definition) is 6. The van der Waals surface area contributed by atoms with Crippen LogP contribution in [0, 0.1) is 0 Å². The number of nitrogens with zero attached hydrogens (tertiary/aromatic N) is 5. The minimum Gasteiger partial charge on any atom is -0.378 e. The second kappa shape index (κ2) is 9.19. The summed E-state index contributed by atoms with van der Waals surface area (Å²) >= 11 is 1.45. The Labute approximate surface area is 174 Å². The van der Waals surface area contributed by atoms with E-state index in [9.17, 15) is 4.79 Å². The predicted molar refractivity (Wildman–Crippen MR) is 112 cm³/mol. The number of aromatic nitrogens is 4. The molecule has 3 heterocycles. The van der Waals surface area contributed by atoms with E-state index in [1.807, 2.05) is 42.2 Å². The van der Waals surface area contributed by atoms with Crippen LogP contribution in [0.15, 0.2) is 60.0 Å². The average molecular weight is 410 g/mol. The lowest BCUT2D eigenvalue weighted by Crippen LogP contribution is -2.44. The second-order valence-corrected chi connectivity index (χ2v) is 8.12. The Morgan fingerprint density at radius 2 is 1.83 bits per heavy atom. The van der Waals surface area contributed by atoms with Gasteiger partial charge in [-0.2, -0.15) is 0 Å². The molecule has 1 amide bonds. The summed E-state index contributed by atoms with van der Waals surface area (Å²) in [5, 5.41) is 9.32. The highest BCUT2D eigenvalue weighted by Crippen LogP contribution is 2.28. The third kappa shape index (κ3) is 4.65. The highest BCUT2D eigenvalue weighted by molar-refractivity contribution is 8.00. The Kier molecular flexibility index (Phi) is 6.21. The molecule has 4 rings (SSSR count). The van der Waals surface area contributed by atoms with E-state index in [1.165, 1.54) is 11.8 Å². The molecule has 0 aliphatic carbocycles. The maximum Gasteiger partial charge on any atom is 0.236 e. The van der Waals surface area contributed by atoms with Gasteiger partial charge in [0.1, 0.15) is 0 Å². The molecule has 1 aromatic carbocycles. The molecular weight excluding hydrogens is 386 g/mol. The van der Waals surface area contributed by atoms with E-state index >= 15 is 0 Å². The van der Waals surface area contributed by atoms with Crippen molar-refractivity contribution in [3.8, 4) is 11.4 Å². The van der Waals surface area contributed by atoms with Gasteiger partial charge < -0.3 is 9.64 Å². The summed E-state index contributed by atoms with van der Waals surface area (Å²) in [4.78, 5) is 18.8. The predicted octanol–water partition coefficient (Wildman–Crippen LogP) is 2.73. The van der Waals surface area contributed by atoms with Gasteiger partial charge in [0, 0.05) is 31.0 Å². The van der Waals surface area contributed by atoms with Crippen LogP contribution in [0.2, 0.25) is 0 Å². The van der Waals surface area contributed by atoms with Gasteiger partial charge in [-0.3, -0.25) is 14.3 Å². The number of amides is 1. The number of carbonyl (C=O) groups excluding carboxylic acids is 1. The van der Waals surface area contributed by atoms with Gasteiger partial charge >= 0.3 is 0 Å². The zero-order valence-electron chi connectivity index (χ0n) is 16.3. The van der Waals surface area contributed by atoms with Crippen molar-refractivity contribution < 1.29 is 9.53 Å². The molecule has 7 nitrogen and oxygen atoms in total. The first-order chi connectivity index (χ1) is 14.2. The van der Waals surface area contributed by atoms with E-state index in [1.54, 1.807) is 12.4 Å². The Morgan fingerprint density at radius 1 is 1.10 bits per heavy atom. The van der Waals surface area contributed by atoms with Gasteiger partial charge in [-0.15, -0.1) is 10.2 Å². The van der Waals surface area contributed by atoms with Gasteiger partial charge in [-0.1, -0.05) is 42.1 Å². The molecule has 1 unspecified atom stereocenters. The third-order valence-electron chi connectivity index (χ3n) is 4.79. The number of morpholine rings is 1. The monoisotopic (exact) mass is 409 g/mol. The fourth-order valence-electron chi connectivity index (χ4n) is 3.25. The lowest BCUT2D eigenvalue weighted by Gasteiger charge is -2.28. The summed E-state index contributed by atoms with van der Waals surface area (Å²) in [6.45, 7) is 5.03. The molecule has 8 heteroatoms. The number of carbonyl (C=O) groups is 1. The quantitative estimate of drug-likeness (QED) is 0.583. The maximum atomic E-state index is 12.8. The van der Waals surface area contributed by atoms with Crippen LogP contribution in [0.5, 0.6) is 0 Å². The number of ether oxygens (including phenoxy) is 1. The normalized spacial score (nSPS) is 15.3. The van der Waals surface area contributed by atoms with Crippen LogP contribution < -0.4 is 0 Å². The number of benzene rings is 1. The fourth-order valence-corrected chi connectivity index (χ4v) is 4.18. The minimum atomic E-state index is -0.253. The molecule has 29 heavy (non-hydrogen) atoms. The molecule has 2 aromatic heterocycles. The summed E-state index contributed by atoms with van der Waals surface area (Å²) in [6.07, 6.45) is 3.49. The number of hydrogen-bond donors (Lipinski definition) is 0. The van der Waals surface area contributed by atoms with Crippen molar-refractivity contribution in [1.29, 1.82) is 0 Å². The third-order valence-corrected chi connectivity index (χ3v) is 5.86. The Balaban J connectivity index is 1.60. The molecule has 1 fully saturated rings. The Bertz CT molecular complexity index is 942. The SMILES string of the molecule is CC(Sc1nnc(-c2ccncc2)n1Cc1ccccc1)C(=O)N1CCOCC1. The molecule has 1 saturated heterocycles. The number of rotatable bonds is 6. The highest BCUT2D eigenvalue weighted by atomic mass is 32.2. The molecule has 0 saturated carbocycles. The minimum absolute atomic E-state index is 0.109. The van der Waals surface area contributed by atoms with Gasteiger partial charge in [-0.25, -0.2) is 0 Å². The van der Waals surface area contributed by atoms with Crippen LogP contribution in [0.4, 0.5) is 0 Å². The maximum absolute atomic E-state index is 12.8. The number of thioether (sulfide) groups is 1. The van der Waals surface area contributed by atoms with E-state index in [0.717, 1.165) is 22.1 Å². The lowest BCUT2D eigenvalue weighted by molar-refractivity contribution is -0.134. The smallest absolute Gasteiger partial charge is 0.236 e. The fraction of sp³-hybridized carbons (Fsp3) is 0.333. The molecule has 1 aliphatic heterocycles. The second-order valence-electron chi connectivity index (χ2n) is 6.81. The van der Waals surface area contributed by atoms with E-state index in [2.05, 4.69) is 31.9 Å². The molecular formula is C21H23N5O2S. The van der Waals surface area contributed by atoms with Crippen molar-refractivity contribution in [3.05, 3.63) is 60.4 Å². The number of pyridine rings is 1. The van der Waals surface area contributed by atoms with Gasteiger partial charge in [-0.05, 0) is 24.6 Å². The van der Waals surface area contributed by atoms with E-state index in [4.69, 9.17) is 4.74 Å². The molecule has 0 bridgehead atoms. The summed E-state index contributed by atoms with van der Waals surface area (Å²) in [7, 11) is 0. The van der Waals surface area contributed by atoms with Gasteiger partial charge in [0.25, 0.3) is 0 Å². The van der Waals surface area contributed by atoms with Crippen molar-refractivity contribution in [1.82, 2.24) is 24.6 Å². The zero-order chi connectivity index (χ0) is 20.1. The summed E-state index contributed by atoms with van der Waals surface area (Å²) in [5.41, 5.74) is 2.10. The van der Waals surface area contributed by atoms with Gasteiger partial charge in [0.2, 0.25) is 5.91 Å². The molecule has 150 valence electrons. The standard InChI is InChI=1S/C21H23N5O2S/c1-16(20(27)25-11-13-28-14-12-25)29-21-24-23-19(18-7-9-22-10-8-18)26(21)15-17-5-3-2-4-6-17/h2-10,16H,11-15H2,1H3. The van der Waals surface area contributed by atoms with E-state index < -0.39 is 0 Å². The summed E-state index contributed by atoms with van der Waals surface area (Å²) < 4.78 is 7.42. The molecule has 0 radical (unpaired) electrons. The van der Waals surface area contributed by atoms with Crippen molar-refractivity contribution in [3.63, 3.8) is 0 Å². The Morgan fingerprint density at radius 3 is 2.55 bits per heavy atom. The van der Waals surface area contributed by atoms with E-state index in [-0.39, 0.29) is 11.2 Å². The highest BCUT2D eigenvalue weighted by Gasteiger charge is 2.26. The lowest BCUT2D eigenvalue weighted by atomic mass is 10.2. The molecule has 0 spiro atoms. The van der Waals surface area contributed by atoms with Crippen molar-refractivity contribution in [2.75, 3.05) is 26.3 Å². The largest absolute Gasteiger partial charge is 0.378 e. The van der Waals surface area contributed by atoms with Crippen molar-refractivity contribution in [2.45, 2.75) is 23.9 Å². The first-order valence-electron chi connectivity index (χ1n) is 9.63. The van der Waals surface area contributed by atoms with Crippen LogP contribution >= 0.6 is 11.8 Å². The first-order valence-corrected chi connectivity index (χ1v) is 10.5. The van der Waals surface area contributed by atoms with Crippen LogP contribution in [0.3, 0.4) is 0 Å². The van der Waals surface area contributed by atoms with Crippen LogP contribution in [-0.4, -0.2) is 62.1 Å². The molecule has 3 aromatic rings. The van der Waals surface area contributed by atoms with Gasteiger partial charge in [0.05, 0.1) is 25.0 Å². The van der Waals surface area contributed by atoms with Crippen molar-refractivity contribution in [2.24, 2.45) is 0 Å². The molecule has 1 atom stereocenters. The topological polar surface area (TPSA) is 73.1 Å². The zero-order valence-corrected chi connectivity index (χ0v) is 17.1.